The number of hydrogen-bond acceptors (Lipinski definition) is 7. The van der Waals surface area contributed by atoms with E-state index in [0.717, 1.165) is 28.1 Å². The number of oxime groups is 1. The SMILES string of the molecule is COC(=O)CC/C(=N/OCc1cccc(OCc2nc(-c3ccccc3)oc2C)c1)c1ccccc1. The molecule has 0 unspecified atom stereocenters. The van der Waals surface area contributed by atoms with Crippen LogP contribution in [-0.2, 0) is 27.6 Å². The van der Waals surface area contributed by atoms with E-state index in [0.29, 0.717) is 23.8 Å². The topological polar surface area (TPSA) is 83.2 Å². The molecule has 0 radical (unpaired) electrons. The van der Waals surface area contributed by atoms with Gasteiger partial charge in [0, 0.05) is 12.0 Å². The predicted octanol–water partition coefficient (Wildman–Crippen LogP) is 6.10. The molecule has 36 heavy (non-hydrogen) atoms. The smallest absolute Gasteiger partial charge is 0.305 e. The Bertz CT molecular complexity index is 1300. The number of aromatic nitrogens is 1. The summed E-state index contributed by atoms with van der Waals surface area (Å²) in [6, 6.07) is 27.0. The van der Waals surface area contributed by atoms with Gasteiger partial charge in [-0.2, -0.15) is 0 Å². The summed E-state index contributed by atoms with van der Waals surface area (Å²) in [7, 11) is 1.37. The van der Waals surface area contributed by atoms with Crippen LogP contribution in [0.25, 0.3) is 11.5 Å². The van der Waals surface area contributed by atoms with Crippen LogP contribution >= 0.6 is 0 Å². The molecular formula is C29H28N2O5. The Kier molecular flexibility index (Phi) is 8.48. The Balaban J connectivity index is 1.37. The number of hydrogen-bond donors (Lipinski definition) is 0. The molecule has 4 aromatic rings. The van der Waals surface area contributed by atoms with Crippen molar-refractivity contribution in [2.75, 3.05) is 7.11 Å². The third-order valence-corrected chi connectivity index (χ3v) is 5.49. The number of carbonyl (C=O) groups excluding carboxylic acids is 1. The van der Waals surface area contributed by atoms with Crippen molar-refractivity contribution >= 4 is 11.7 Å². The van der Waals surface area contributed by atoms with Crippen LogP contribution in [0.4, 0.5) is 0 Å². The molecule has 1 aromatic heterocycles. The van der Waals surface area contributed by atoms with E-state index < -0.39 is 0 Å². The highest BCUT2D eigenvalue weighted by Crippen LogP contribution is 2.23. The number of benzene rings is 3. The van der Waals surface area contributed by atoms with Gasteiger partial charge in [0.1, 0.15) is 30.4 Å². The summed E-state index contributed by atoms with van der Waals surface area (Å²) in [5.74, 6) is 1.70. The highest BCUT2D eigenvalue weighted by Gasteiger charge is 2.12. The molecule has 0 saturated carbocycles. The van der Waals surface area contributed by atoms with E-state index in [1.807, 2.05) is 91.9 Å². The Hall–Kier alpha value is -4.39. The van der Waals surface area contributed by atoms with E-state index in [1.165, 1.54) is 7.11 Å². The minimum Gasteiger partial charge on any atom is -0.487 e. The standard InChI is InChI=1S/C29H28N2O5/c1-21-27(30-29(36-21)24-13-7-4-8-14-24)20-34-25-15-9-10-22(18-25)19-35-31-26(16-17-28(32)33-2)23-11-5-3-6-12-23/h3-15,18H,16-17,19-20H2,1-2H3/b31-26-. The second-order valence-corrected chi connectivity index (χ2v) is 8.08. The molecule has 0 aliphatic carbocycles. The van der Waals surface area contributed by atoms with Crippen LogP contribution in [0.5, 0.6) is 5.75 Å². The molecule has 7 heteroatoms. The lowest BCUT2D eigenvalue weighted by molar-refractivity contribution is -0.140. The van der Waals surface area contributed by atoms with Crippen LogP contribution in [0.2, 0.25) is 0 Å². The van der Waals surface area contributed by atoms with Crippen LogP contribution in [-0.4, -0.2) is 23.8 Å². The lowest BCUT2D eigenvalue weighted by Crippen LogP contribution is -2.08. The Labute approximate surface area is 210 Å². The third-order valence-electron chi connectivity index (χ3n) is 5.49. The number of esters is 1. The lowest BCUT2D eigenvalue weighted by atomic mass is 10.1. The van der Waals surface area contributed by atoms with Crippen molar-refractivity contribution in [3.63, 3.8) is 0 Å². The highest BCUT2D eigenvalue weighted by atomic mass is 16.6. The number of carbonyl (C=O) groups is 1. The molecule has 1 heterocycles. The molecule has 3 aromatic carbocycles. The highest BCUT2D eigenvalue weighted by molar-refractivity contribution is 6.01. The summed E-state index contributed by atoms with van der Waals surface area (Å²) in [6.07, 6.45) is 0.645. The van der Waals surface area contributed by atoms with E-state index in [9.17, 15) is 4.79 Å². The molecular weight excluding hydrogens is 456 g/mol. The van der Waals surface area contributed by atoms with Gasteiger partial charge in [0.25, 0.3) is 0 Å². The van der Waals surface area contributed by atoms with Gasteiger partial charge in [0.2, 0.25) is 5.89 Å². The largest absolute Gasteiger partial charge is 0.487 e. The van der Waals surface area contributed by atoms with E-state index in [1.54, 1.807) is 0 Å². The normalized spacial score (nSPS) is 11.2. The Morgan fingerprint density at radius 3 is 2.42 bits per heavy atom. The maximum atomic E-state index is 11.6. The number of oxazole rings is 1. The number of rotatable bonds is 11. The minimum absolute atomic E-state index is 0.227. The molecule has 0 saturated heterocycles. The van der Waals surface area contributed by atoms with Crippen molar-refractivity contribution in [3.8, 4) is 17.2 Å². The molecule has 0 amide bonds. The molecule has 0 aliphatic heterocycles. The first-order valence-electron chi connectivity index (χ1n) is 11.7. The number of aryl methyl sites for hydroxylation is 1. The first-order valence-corrected chi connectivity index (χ1v) is 11.7. The van der Waals surface area contributed by atoms with Gasteiger partial charge >= 0.3 is 5.97 Å². The lowest BCUT2D eigenvalue weighted by Gasteiger charge is -2.09. The van der Waals surface area contributed by atoms with Crippen molar-refractivity contribution in [2.45, 2.75) is 33.0 Å². The molecule has 0 spiro atoms. The Morgan fingerprint density at radius 2 is 1.67 bits per heavy atom. The molecule has 0 fully saturated rings. The fourth-order valence-corrected chi connectivity index (χ4v) is 3.52. The van der Waals surface area contributed by atoms with Crippen LogP contribution < -0.4 is 4.74 Å². The fourth-order valence-electron chi connectivity index (χ4n) is 3.52. The summed E-state index contributed by atoms with van der Waals surface area (Å²) < 4.78 is 16.5. The number of methoxy groups -OCH3 is 1. The summed E-state index contributed by atoms with van der Waals surface area (Å²) >= 11 is 0. The first kappa shape index (κ1) is 24.7. The van der Waals surface area contributed by atoms with Crippen LogP contribution in [0.15, 0.2) is 94.5 Å². The minimum atomic E-state index is -0.290. The maximum Gasteiger partial charge on any atom is 0.305 e. The van der Waals surface area contributed by atoms with Crippen LogP contribution in [0.3, 0.4) is 0 Å². The number of ether oxygens (including phenoxy) is 2. The molecule has 184 valence electrons. The van der Waals surface area contributed by atoms with Crippen molar-refractivity contribution in [1.82, 2.24) is 4.98 Å². The molecule has 0 aliphatic rings. The molecule has 0 bridgehead atoms. The van der Waals surface area contributed by atoms with E-state index >= 15 is 0 Å². The van der Waals surface area contributed by atoms with Crippen molar-refractivity contribution in [3.05, 3.63) is 108 Å². The van der Waals surface area contributed by atoms with Gasteiger partial charge in [-0.3, -0.25) is 4.79 Å². The summed E-state index contributed by atoms with van der Waals surface area (Å²) in [5, 5.41) is 4.31. The second kappa shape index (κ2) is 12.4. The van der Waals surface area contributed by atoms with Crippen molar-refractivity contribution < 1.29 is 23.5 Å². The van der Waals surface area contributed by atoms with E-state index in [4.69, 9.17) is 18.7 Å². The van der Waals surface area contributed by atoms with Crippen molar-refractivity contribution in [1.29, 1.82) is 0 Å². The number of nitrogens with zero attached hydrogens (tertiary/aromatic N) is 2. The van der Waals surface area contributed by atoms with Gasteiger partial charge in [-0.05, 0) is 42.3 Å². The van der Waals surface area contributed by atoms with Gasteiger partial charge in [-0.25, -0.2) is 4.98 Å². The van der Waals surface area contributed by atoms with Gasteiger partial charge in [0.05, 0.1) is 19.2 Å². The van der Waals surface area contributed by atoms with Gasteiger partial charge < -0.3 is 18.7 Å². The van der Waals surface area contributed by atoms with Crippen LogP contribution in [0.1, 0.15) is 35.4 Å². The molecule has 4 rings (SSSR count). The fraction of sp³-hybridized carbons (Fsp3) is 0.207. The summed E-state index contributed by atoms with van der Waals surface area (Å²) in [5.41, 5.74) is 4.16. The summed E-state index contributed by atoms with van der Waals surface area (Å²) in [4.78, 5) is 21.8. The zero-order valence-electron chi connectivity index (χ0n) is 20.3. The molecule has 0 N–H and O–H groups in total. The average molecular weight is 485 g/mol. The maximum absolute atomic E-state index is 11.6. The van der Waals surface area contributed by atoms with Gasteiger partial charge in [-0.15, -0.1) is 0 Å². The monoisotopic (exact) mass is 484 g/mol. The summed E-state index contributed by atoms with van der Waals surface area (Å²) in [6.45, 7) is 2.42. The van der Waals surface area contributed by atoms with Gasteiger partial charge in [0.15, 0.2) is 0 Å². The van der Waals surface area contributed by atoms with Gasteiger partial charge in [-0.1, -0.05) is 65.8 Å². The zero-order valence-corrected chi connectivity index (χ0v) is 20.3. The first-order chi connectivity index (χ1) is 17.6. The van der Waals surface area contributed by atoms with E-state index in [2.05, 4.69) is 10.1 Å². The predicted molar refractivity (Wildman–Crippen MR) is 136 cm³/mol. The zero-order chi connectivity index (χ0) is 25.2. The average Bonchev–Trinajstić information content (AvgIpc) is 3.30. The third kappa shape index (κ3) is 6.82. The van der Waals surface area contributed by atoms with Crippen LogP contribution in [0, 0.1) is 6.92 Å². The second-order valence-electron chi connectivity index (χ2n) is 8.08. The van der Waals surface area contributed by atoms with Crippen molar-refractivity contribution in [2.24, 2.45) is 5.16 Å². The molecule has 0 atom stereocenters. The quantitative estimate of drug-likeness (QED) is 0.145. The van der Waals surface area contributed by atoms with E-state index in [-0.39, 0.29) is 25.6 Å². The Morgan fingerprint density at radius 1 is 0.917 bits per heavy atom. The molecule has 7 nitrogen and oxygen atoms in total.